The van der Waals surface area contributed by atoms with E-state index >= 15 is 0 Å². The van der Waals surface area contributed by atoms with E-state index in [-0.39, 0.29) is 11.9 Å². The lowest BCUT2D eigenvalue weighted by Gasteiger charge is -2.29. The molecular formula is C15H16FN3S. The maximum Gasteiger partial charge on any atom is 0.173 e. The maximum atomic E-state index is 13.5. The molecule has 0 aliphatic carbocycles. The molecule has 20 heavy (non-hydrogen) atoms. The van der Waals surface area contributed by atoms with Crippen molar-refractivity contribution in [2.45, 2.75) is 19.9 Å². The van der Waals surface area contributed by atoms with Crippen molar-refractivity contribution in [1.82, 2.24) is 4.90 Å². The fourth-order valence-corrected chi connectivity index (χ4v) is 3.29. The fourth-order valence-electron chi connectivity index (χ4n) is 2.40. The largest absolute Gasteiger partial charge is 0.323 e. The Bertz CT molecular complexity index is 646. The van der Waals surface area contributed by atoms with E-state index in [9.17, 15) is 4.39 Å². The fraction of sp³-hybridized carbons (Fsp3) is 0.267. The van der Waals surface area contributed by atoms with Crippen molar-refractivity contribution >= 4 is 22.5 Å². The van der Waals surface area contributed by atoms with Crippen LogP contribution in [0.1, 0.15) is 19.4 Å². The molecule has 3 nitrogen and oxygen atoms in total. The molecule has 104 valence electrons. The third kappa shape index (κ3) is 2.27. The SMILES string of the molecule is CC1=CSC2=NC([C@H](C)N)=C(c3cccc(F)c3)CN12. The normalized spacial score (nSPS) is 19.7. The Morgan fingerprint density at radius 2 is 2.25 bits per heavy atom. The summed E-state index contributed by atoms with van der Waals surface area (Å²) < 4.78 is 13.5. The molecule has 1 atom stereocenters. The molecule has 3 rings (SSSR count). The highest BCUT2D eigenvalue weighted by Gasteiger charge is 2.28. The number of hydrogen-bond donors (Lipinski definition) is 1. The molecule has 0 amide bonds. The second kappa shape index (κ2) is 5.07. The highest BCUT2D eigenvalue weighted by atomic mass is 32.2. The second-order valence-corrected chi connectivity index (χ2v) is 5.86. The lowest BCUT2D eigenvalue weighted by Crippen LogP contribution is -2.32. The van der Waals surface area contributed by atoms with Gasteiger partial charge < -0.3 is 10.6 Å². The molecule has 2 aliphatic rings. The Balaban J connectivity index is 2.09. The van der Waals surface area contributed by atoms with Crippen LogP contribution in [0.2, 0.25) is 0 Å². The molecule has 1 aromatic carbocycles. The van der Waals surface area contributed by atoms with Crippen LogP contribution in [0.25, 0.3) is 5.57 Å². The summed E-state index contributed by atoms with van der Waals surface area (Å²) in [5.41, 5.74) is 9.90. The van der Waals surface area contributed by atoms with Crippen LogP contribution in [0.5, 0.6) is 0 Å². The zero-order valence-corrected chi connectivity index (χ0v) is 12.2. The van der Waals surface area contributed by atoms with Crippen molar-refractivity contribution in [2.75, 3.05) is 6.54 Å². The molecule has 0 saturated carbocycles. The van der Waals surface area contributed by atoms with Crippen molar-refractivity contribution in [2.24, 2.45) is 10.7 Å². The van der Waals surface area contributed by atoms with Crippen LogP contribution in [0.3, 0.4) is 0 Å². The van der Waals surface area contributed by atoms with Crippen LogP contribution in [0, 0.1) is 5.82 Å². The van der Waals surface area contributed by atoms with Gasteiger partial charge in [-0.1, -0.05) is 23.9 Å². The third-order valence-electron chi connectivity index (χ3n) is 3.44. The van der Waals surface area contributed by atoms with Gasteiger partial charge in [0.05, 0.1) is 12.2 Å². The summed E-state index contributed by atoms with van der Waals surface area (Å²) in [6.07, 6.45) is 0. The van der Waals surface area contributed by atoms with Gasteiger partial charge >= 0.3 is 0 Å². The summed E-state index contributed by atoms with van der Waals surface area (Å²) >= 11 is 1.61. The first-order chi connectivity index (χ1) is 9.56. The Kier molecular flexibility index (Phi) is 3.40. The molecule has 5 heteroatoms. The molecular weight excluding hydrogens is 273 g/mol. The van der Waals surface area contributed by atoms with Crippen molar-refractivity contribution in [3.8, 4) is 0 Å². The average Bonchev–Trinajstić information content (AvgIpc) is 2.78. The van der Waals surface area contributed by atoms with Gasteiger partial charge in [-0.25, -0.2) is 9.38 Å². The highest BCUT2D eigenvalue weighted by Crippen LogP contribution is 2.35. The monoisotopic (exact) mass is 289 g/mol. The van der Waals surface area contributed by atoms with Crippen molar-refractivity contribution < 1.29 is 4.39 Å². The Labute approximate surface area is 122 Å². The Morgan fingerprint density at radius 1 is 1.45 bits per heavy atom. The minimum absolute atomic E-state index is 0.176. The standard InChI is InChI=1S/C15H16FN3S/c1-9-8-20-15-18-14(10(2)17)13(7-19(9)15)11-4-3-5-12(16)6-11/h3-6,8,10H,7,17H2,1-2H3/t10-/m0/s1. The van der Waals surface area contributed by atoms with Gasteiger partial charge in [0.2, 0.25) is 0 Å². The van der Waals surface area contributed by atoms with E-state index in [1.807, 2.05) is 13.0 Å². The van der Waals surface area contributed by atoms with Gasteiger partial charge in [0, 0.05) is 17.3 Å². The molecule has 0 radical (unpaired) electrons. The molecule has 0 aromatic heterocycles. The van der Waals surface area contributed by atoms with E-state index in [0.717, 1.165) is 27.7 Å². The average molecular weight is 289 g/mol. The number of fused-ring (bicyclic) bond motifs is 1. The molecule has 0 unspecified atom stereocenters. The van der Waals surface area contributed by atoms with Crippen LogP contribution in [0.4, 0.5) is 4.39 Å². The predicted molar refractivity (Wildman–Crippen MR) is 82.5 cm³/mol. The summed E-state index contributed by atoms with van der Waals surface area (Å²) in [5.74, 6) is -0.239. The third-order valence-corrected chi connectivity index (χ3v) is 4.42. The van der Waals surface area contributed by atoms with E-state index in [4.69, 9.17) is 5.73 Å². The number of thioether (sulfide) groups is 1. The molecule has 0 saturated heterocycles. The topological polar surface area (TPSA) is 41.6 Å². The summed E-state index contributed by atoms with van der Waals surface area (Å²) in [6, 6.07) is 6.44. The zero-order valence-electron chi connectivity index (χ0n) is 11.4. The summed E-state index contributed by atoms with van der Waals surface area (Å²) in [7, 11) is 0. The van der Waals surface area contributed by atoms with Crippen molar-refractivity contribution in [3.05, 3.63) is 52.4 Å². The van der Waals surface area contributed by atoms with Crippen LogP contribution in [-0.2, 0) is 0 Å². The van der Waals surface area contributed by atoms with Crippen LogP contribution < -0.4 is 5.73 Å². The number of hydrogen-bond acceptors (Lipinski definition) is 4. The van der Waals surface area contributed by atoms with Gasteiger partial charge in [0.1, 0.15) is 5.82 Å². The van der Waals surface area contributed by atoms with Crippen LogP contribution in [0.15, 0.2) is 46.1 Å². The second-order valence-electron chi connectivity index (χ2n) is 5.02. The minimum Gasteiger partial charge on any atom is -0.323 e. The Hall–Kier alpha value is -1.59. The minimum atomic E-state index is -0.239. The predicted octanol–water partition coefficient (Wildman–Crippen LogP) is 3.16. The van der Waals surface area contributed by atoms with E-state index < -0.39 is 0 Å². The van der Waals surface area contributed by atoms with Gasteiger partial charge in [0.25, 0.3) is 0 Å². The molecule has 1 aromatic rings. The van der Waals surface area contributed by atoms with E-state index in [1.165, 1.54) is 6.07 Å². The summed E-state index contributed by atoms with van der Waals surface area (Å²) in [6.45, 7) is 4.65. The van der Waals surface area contributed by atoms with Gasteiger partial charge in [-0.3, -0.25) is 0 Å². The zero-order chi connectivity index (χ0) is 14.3. The molecule has 0 spiro atoms. The van der Waals surface area contributed by atoms with Gasteiger partial charge in [0.15, 0.2) is 5.17 Å². The highest BCUT2D eigenvalue weighted by molar-refractivity contribution is 8.16. The molecule has 0 bridgehead atoms. The number of nitrogens with zero attached hydrogens (tertiary/aromatic N) is 2. The van der Waals surface area contributed by atoms with E-state index in [1.54, 1.807) is 23.9 Å². The smallest absolute Gasteiger partial charge is 0.173 e. The maximum absolute atomic E-state index is 13.5. The molecule has 0 fully saturated rings. The van der Waals surface area contributed by atoms with Crippen LogP contribution in [-0.4, -0.2) is 22.7 Å². The van der Waals surface area contributed by atoms with E-state index in [2.05, 4.69) is 22.2 Å². The first kappa shape index (κ1) is 13.4. The van der Waals surface area contributed by atoms with Gasteiger partial charge in [-0.15, -0.1) is 0 Å². The number of rotatable bonds is 2. The summed E-state index contributed by atoms with van der Waals surface area (Å²) in [5, 5.41) is 3.03. The number of benzene rings is 1. The molecule has 2 aliphatic heterocycles. The van der Waals surface area contributed by atoms with Crippen LogP contribution >= 0.6 is 11.8 Å². The first-order valence-corrected chi connectivity index (χ1v) is 7.38. The lowest BCUT2D eigenvalue weighted by atomic mass is 9.99. The number of amidine groups is 1. The number of nitrogens with two attached hydrogens (primary N) is 1. The molecule has 2 N–H and O–H groups in total. The number of allylic oxidation sites excluding steroid dienone is 1. The number of aliphatic imine (C=N–C) groups is 1. The van der Waals surface area contributed by atoms with Crippen molar-refractivity contribution in [1.29, 1.82) is 0 Å². The quantitative estimate of drug-likeness (QED) is 0.909. The number of halogens is 1. The van der Waals surface area contributed by atoms with Crippen molar-refractivity contribution in [3.63, 3.8) is 0 Å². The van der Waals surface area contributed by atoms with Gasteiger partial charge in [-0.05, 0) is 37.0 Å². The lowest BCUT2D eigenvalue weighted by molar-refractivity contribution is 0.580. The van der Waals surface area contributed by atoms with E-state index in [0.29, 0.717) is 6.54 Å². The van der Waals surface area contributed by atoms with Gasteiger partial charge in [-0.2, -0.15) is 0 Å². The first-order valence-electron chi connectivity index (χ1n) is 6.50. The Morgan fingerprint density at radius 3 is 2.95 bits per heavy atom. The molecule has 2 heterocycles. The summed E-state index contributed by atoms with van der Waals surface area (Å²) in [4.78, 5) is 6.80.